The lowest BCUT2D eigenvalue weighted by atomic mass is 9.98. The van der Waals surface area contributed by atoms with Crippen molar-refractivity contribution >= 4 is 5.97 Å². The maximum Gasteiger partial charge on any atom is 0.306 e. The lowest BCUT2D eigenvalue weighted by Gasteiger charge is -2.42. The quantitative estimate of drug-likeness (QED) is 0.0173. The Kier molecular flexibility index (Phi) is 39.4. The zero-order valence-corrected chi connectivity index (χ0v) is 43.4. The second-order valence-corrected chi connectivity index (χ2v) is 18.7. The van der Waals surface area contributed by atoms with Gasteiger partial charge in [-0.3, -0.25) is 4.79 Å². The van der Waals surface area contributed by atoms with Gasteiger partial charge in [-0.1, -0.05) is 170 Å². The fourth-order valence-corrected chi connectivity index (χ4v) is 8.01. The van der Waals surface area contributed by atoms with Crippen LogP contribution in [0.2, 0.25) is 0 Å². The van der Waals surface area contributed by atoms with Crippen LogP contribution in [0, 0.1) is 0 Å². The smallest absolute Gasteiger partial charge is 0.306 e. The molecule has 14 heteroatoms. The zero-order valence-electron chi connectivity index (χ0n) is 43.4. The molecule has 71 heavy (non-hydrogen) atoms. The van der Waals surface area contributed by atoms with Crippen LogP contribution < -0.4 is 0 Å². The van der Waals surface area contributed by atoms with Gasteiger partial charge in [-0.15, -0.1) is 0 Å². The predicted octanol–water partition coefficient (Wildman–Crippen LogP) is 8.85. The van der Waals surface area contributed by atoms with Crippen LogP contribution in [-0.2, 0) is 33.2 Å². The molecule has 2 aliphatic rings. The first-order valence-corrected chi connectivity index (χ1v) is 27.2. The van der Waals surface area contributed by atoms with Gasteiger partial charge in [0.05, 0.1) is 26.4 Å². The summed E-state index contributed by atoms with van der Waals surface area (Å²) < 4.78 is 34.2. The van der Waals surface area contributed by atoms with Gasteiger partial charge in [0.2, 0.25) is 0 Å². The van der Waals surface area contributed by atoms with Crippen molar-refractivity contribution in [1.82, 2.24) is 0 Å². The Morgan fingerprint density at radius 3 is 1.44 bits per heavy atom. The van der Waals surface area contributed by atoms with Crippen LogP contribution in [0.5, 0.6) is 0 Å². The second kappa shape index (κ2) is 43.6. The molecule has 0 radical (unpaired) electrons. The van der Waals surface area contributed by atoms with Gasteiger partial charge in [0.25, 0.3) is 0 Å². The van der Waals surface area contributed by atoms with Crippen molar-refractivity contribution in [3.05, 3.63) is 85.1 Å². The van der Waals surface area contributed by atoms with E-state index in [9.17, 15) is 40.5 Å². The highest BCUT2D eigenvalue weighted by Gasteiger charge is 2.47. The van der Waals surface area contributed by atoms with Gasteiger partial charge in [-0.05, 0) is 77.0 Å². The first-order chi connectivity index (χ1) is 34.6. The summed E-state index contributed by atoms with van der Waals surface area (Å²) in [4.78, 5) is 13.0. The average molecular weight is 1010 g/mol. The van der Waals surface area contributed by atoms with Crippen LogP contribution in [-0.4, -0.2) is 142 Å². The predicted molar refractivity (Wildman–Crippen MR) is 279 cm³/mol. The molecule has 14 nitrogen and oxygen atoms in total. The molecular weight excluding hydrogens is 909 g/mol. The van der Waals surface area contributed by atoms with Crippen LogP contribution in [0.3, 0.4) is 0 Å². The Morgan fingerprint density at radius 2 is 0.915 bits per heavy atom. The molecule has 0 spiro atoms. The number of unbranched alkanes of at least 4 members (excludes halogenated alkanes) is 14. The molecule has 0 aromatic heterocycles. The number of carbonyl (C=O) groups excluding carboxylic acids is 1. The zero-order chi connectivity index (χ0) is 51.6. The standard InChI is InChI=1S/C57H96O14/c1-3-5-7-9-11-13-15-17-18-19-20-21-22-23-24-25-26-27-29-31-33-35-37-39-41-66-43-46(69-49(59)40-38-36-34-32-30-28-16-14-12-10-8-6-4-2)44-67-56-55(65)53(63)51(61)48(71-56)45-68-57-54(64)52(62)50(60)47(42-58)70-57/h6,8,12,14-15,17,19-20,22-23,28,30,34,36,46-48,50-58,60-65H,3-5,7,9-11,13,16,18,21,24-27,29,31-33,35,37-45H2,1-2H3/b8-6-,14-12-,17-15-,20-19-,23-22-,30-28-,36-34-. The monoisotopic (exact) mass is 1000 g/mol. The summed E-state index contributed by atoms with van der Waals surface area (Å²) in [7, 11) is 0. The number of carbonyl (C=O) groups is 1. The largest absolute Gasteiger partial charge is 0.457 e. The summed E-state index contributed by atoms with van der Waals surface area (Å²) in [6, 6.07) is 0. The van der Waals surface area contributed by atoms with E-state index in [0.717, 1.165) is 64.2 Å². The minimum atomic E-state index is -1.72. The first kappa shape index (κ1) is 64.3. The maximum atomic E-state index is 13.0. The summed E-state index contributed by atoms with van der Waals surface area (Å²) in [6.07, 6.45) is 39.6. The fourth-order valence-electron chi connectivity index (χ4n) is 8.01. The average Bonchev–Trinajstić information content (AvgIpc) is 3.37. The first-order valence-electron chi connectivity index (χ1n) is 27.2. The van der Waals surface area contributed by atoms with Crippen LogP contribution in [0.15, 0.2) is 85.1 Å². The highest BCUT2D eigenvalue weighted by molar-refractivity contribution is 5.69. The molecule has 11 atom stereocenters. The van der Waals surface area contributed by atoms with Crippen LogP contribution in [0.1, 0.15) is 168 Å². The van der Waals surface area contributed by atoms with Crippen LogP contribution in [0.25, 0.3) is 0 Å². The van der Waals surface area contributed by atoms with E-state index in [2.05, 4.69) is 86.8 Å². The highest BCUT2D eigenvalue weighted by Crippen LogP contribution is 2.26. The van der Waals surface area contributed by atoms with Gasteiger partial charge >= 0.3 is 5.97 Å². The number of aliphatic hydroxyl groups is 7. The summed E-state index contributed by atoms with van der Waals surface area (Å²) in [5.41, 5.74) is 0. The molecule has 2 heterocycles. The molecule has 2 rings (SSSR count). The van der Waals surface area contributed by atoms with E-state index in [4.69, 9.17) is 28.4 Å². The number of hydrogen-bond acceptors (Lipinski definition) is 14. The van der Waals surface area contributed by atoms with Gasteiger partial charge in [0, 0.05) is 13.0 Å². The SMILES string of the molecule is CC/C=C\C/C=C\C/C=C\C/C=C\CCC(=O)OC(COCCCCCCCCCCC/C=C\C/C=C\C/C=C\CCCCCCC)COC1OC(COC2OC(CO)C(O)C(O)C2O)C(O)C(O)C1O. The minimum absolute atomic E-state index is 0.0240. The minimum Gasteiger partial charge on any atom is -0.457 e. The molecule has 0 aliphatic carbocycles. The van der Waals surface area contributed by atoms with E-state index >= 15 is 0 Å². The van der Waals surface area contributed by atoms with Crippen LogP contribution in [0.4, 0.5) is 0 Å². The number of allylic oxidation sites excluding steroid dienone is 14. The van der Waals surface area contributed by atoms with Crippen molar-refractivity contribution in [2.24, 2.45) is 0 Å². The number of hydrogen-bond donors (Lipinski definition) is 7. The van der Waals surface area contributed by atoms with Gasteiger partial charge < -0.3 is 64.2 Å². The topological polar surface area (TPSA) is 214 Å². The molecule has 408 valence electrons. The number of ether oxygens (including phenoxy) is 6. The highest BCUT2D eigenvalue weighted by atomic mass is 16.7. The third-order valence-corrected chi connectivity index (χ3v) is 12.4. The molecular formula is C57H96O14. The molecule has 7 N–H and O–H groups in total. The van der Waals surface area contributed by atoms with E-state index in [1.165, 1.54) is 77.0 Å². The van der Waals surface area contributed by atoms with Crippen molar-refractivity contribution in [1.29, 1.82) is 0 Å². The van der Waals surface area contributed by atoms with Crippen molar-refractivity contribution in [3.63, 3.8) is 0 Å². The number of rotatable bonds is 42. The Bertz CT molecular complexity index is 1490. The number of esters is 1. The maximum absolute atomic E-state index is 13.0. The third-order valence-electron chi connectivity index (χ3n) is 12.4. The van der Waals surface area contributed by atoms with E-state index < -0.39 is 86.7 Å². The van der Waals surface area contributed by atoms with Crippen LogP contribution >= 0.6 is 0 Å². The van der Waals surface area contributed by atoms with E-state index in [1.54, 1.807) is 0 Å². The molecule has 11 unspecified atom stereocenters. The molecule has 2 saturated heterocycles. The van der Waals surface area contributed by atoms with Gasteiger partial charge in [0.15, 0.2) is 12.6 Å². The molecule has 0 bridgehead atoms. The Balaban J connectivity index is 1.74. The summed E-state index contributed by atoms with van der Waals surface area (Å²) >= 11 is 0. The summed E-state index contributed by atoms with van der Waals surface area (Å²) in [5.74, 6) is -0.460. The second-order valence-electron chi connectivity index (χ2n) is 18.7. The van der Waals surface area contributed by atoms with Gasteiger partial charge in [-0.2, -0.15) is 0 Å². The Morgan fingerprint density at radius 1 is 0.479 bits per heavy atom. The normalized spacial score (nSPS) is 26.0. The van der Waals surface area contributed by atoms with Gasteiger partial charge in [-0.25, -0.2) is 0 Å². The lowest BCUT2D eigenvalue weighted by Crippen LogP contribution is -2.61. The van der Waals surface area contributed by atoms with Gasteiger partial charge in [0.1, 0.15) is 54.9 Å². The van der Waals surface area contributed by atoms with Crippen molar-refractivity contribution in [2.75, 3.05) is 33.0 Å². The van der Waals surface area contributed by atoms with Crippen molar-refractivity contribution in [3.8, 4) is 0 Å². The fraction of sp³-hybridized carbons (Fsp3) is 0.737. The summed E-state index contributed by atoms with van der Waals surface area (Å²) in [6.45, 7) is 3.43. The van der Waals surface area contributed by atoms with E-state index in [1.807, 2.05) is 12.2 Å². The van der Waals surface area contributed by atoms with Crippen molar-refractivity contribution < 1.29 is 69.0 Å². The molecule has 2 fully saturated rings. The summed E-state index contributed by atoms with van der Waals surface area (Å²) in [5, 5.41) is 72.2. The van der Waals surface area contributed by atoms with E-state index in [-0.39, 0.29) is 19.6 Å². The third kappa shape index (κ3) is 30.8. The molecule has 0 saturated carbocycles. The van der Waals surface area contributed by atoms with Crippen molar-refractivity contribution in [2.45, 2.75) is 235 Å². The Labute approximate surface area is 427 Å². The molecule has 0 amide bonds. The number of aliphatic hydroxyl groups excluding tert-OH is 7. The molecule has 0 aromatic carbocycles. The molecule has 2 aliphatic heterocycles. The lowest BCUT2D eigenvalue weighted by molar-refractivity contribution is -0.332. The molecule has 0 aromatic rings. The Hall–Kier alpha value is -2.83. The van der Waals surface area contributed by atoms with E-state index in [0.29, 0.717) is 13.0 Å².